The largest absolute Gasteiger partial charge is 0.493 e. The highest BCUT2D eigenvalue weighted by atomic mass is 35.5. The van der Waals surface area contributed by atoms with E-state index in [1.807, 2.05) is 69.3 Å². The molecule has 11 nitrogen and oxygen atoms in total. The second kappa shape index (κ2) is 22.8. The molecule has 0 radical (unpaired) electrons. The number of fused-ring (bicyclic) bond motifs is 1. The van der Waals surface area contributed by atoms with Gasteiger partial charge >= 0.3 is 0 Å². The molecular weight excluding hydrogens is 734 g/mol. The molecule has 0 bridgehead atoms. The zero-order valence-corrected chi connectivity index (χ0v) is 35.9. The van der Waals surface area contributed by atoms with Gasteiger partial charge < -0.3 is 49.2 Å². The van der Waals surface area contributed by atoms with E-state index in [4.69, 9.17) is 23.7 Å². The number of methoxy groups -OCH3 is 4. The van der Waals surface area contributed by atoms with Crippen LogP contribution >= 0.6 is 12.4 Å². The molecule has 0 aliphatic heterocycles. The number of aliphatic hydroxyl groups is 3. The van der Waals surface area contributed by atoms with E-state index in [9.17, 15) is 20.6 Å². The summed E-state index contributed by atoms with van der Waals surface area (Å²) in [5.74, 6) is 3.67. The maximum Gasteiger partial charge on any atom is 0.161 e. The van der Waals surface area contributed by atoms with Crippen LogP contribution in [0.25, 0.3) is 0 Å². The summed E-state index contributed by atoms with van der Waals surface area (Å²) in [4.78, 5) is 2.31. The number of halogens is 1. The first-order valence-electron chi connectivity index (χ1n) is 19.2. The highest BCUT2D eigenvalue weighted by Crippen LogP contribution is 2.40. The molecule has 0 fully saturated rings. The molecule has 0 spiro atoms. The number of benzene rings is 3. The van der Waals surface area contributed by atoms with Crippen molar-refractivity contribution in [2.45, 2.75) is 96.0 Å². The average Bonchev–Trinajstić information content (AvgIpc) is 3.17. The lowest BCUT2D eigenvalue weighted by Crippen LogP contribution is -2.42. The van der Waals surface area contributed by atoms with Crippen molar-refractivity contribution < 1.29 is 39.0 Å². The van der Waals surface area contributed by atoms with Crippen LogP contribution < -0.4 is 29.0 Å². The fraction of sp³-hybridized carbons (Fsp3) is 0.568. The third kappa shape index (κ3) is 13.7. The van der Waals surface area contributed by atoms with Crippen molar-refractivity contribution >= 4 is 12.4 Å². The molecule has 0 heterocycles. The van der Waals surface area contributed by atoms with Gasteiger partial charge in [0.15, 0.2) is 23.0 Å². The molecule has 312 valence electrons. The predicted molar refractivity (Wildman–Crippen MR) is 224 cm³/mol. The molecule has 3 aromatic carbocycles. The molecule has 3 aromatic rings. The van der Waals surface area contributed by atoms with Crippen molar-refractivity contribution in [3.8, 4) is 34.8 Å². The van der Waals surface area contributed by atoms with Crippen LogP contribution in [-0.4, -0.2) is 106 Å². The molecule has 12 heteroatoms. The van der Waals surface area contributed by atoms with Gasteiger partial charge in [-0.2, -0.15) is 5.26 Å². The third-order valence-corrected chi connectivity index (χ3v) is 10.2. The quantitative estimate of drug-likeness (QED) is 0.118. The van der Waals surface area contributed by atoms with E-state index >= 15 is 0 Å². The Labute approximate surface area is 341 Å². The highest BCUT2D eigenvalue weighted by Gasteiger charge is 2.36. The maximum absolute atomic E-state index is 10.2. The maximum atomic E-state index is 10.2. The standard InChI is InChI=1S/C27H38N2O4.C17H27NO4.ClH/c1-20(2)27(19-28,22-10-12-24(31-5)26(18-22)33-7)14-8-15-29(3)16-13-21-9-11-23(30-4)25(17-21)32-6;1-17(2,3)18-9-12(19)10-22-16-6-4-5-11-7-14(20)15(21)8-13(11)16;/h9-12,17-18,20H,8,13-16H2,1-7H3;4-6,12,14-15,18-21H,7-10H2,1-3H3;1H/t;12?,14-,15+;/m.1./s1. The predicted octanol–water partition coefficient (Wildman–Crippen LogP) is 6.15. The number of β-amino-alcohol motifs (C(OH)–C–C–N with tert-alkyl or cyclic N) is 1. The van der Waals surface area contributed by atoms with Crippen LogP contribution in [0.5, 0.6) is 28.7 Å². The lowest BCUT2D eigenvalue weighted by atomic mass is 9.69. The summed E-state index contributed by atoms with van der Waals surface area (Å²) in [6.07, 6.45) is 1.34. The molecule has 56 heavy (non-hydrogen) atoms. The zero-order chi connectivity index (χ0) is 40.8. The number of hydrogen-bond acceptors (Lipinski definition) is 11. The lowest BCUT2D eigenvalue weighted by molar-refractivity contribution is 0.0132. The highest BCUT2D eigenvalue weighted by molar-refractivity contribution is 5.85. The Bertz CT molecular complexity index is 1680. The number of nitrogens with zero attached hydrogens (tertiary/aromatic N) is 2. The van der Waals surface area contributed by atoms with Gasteiger partial charge in [0.25, 0.3) is 0 Å². The van der Waals surface area contributed by atoms with Gasteiger partial charge in [-0.05, 0) is 107 Å². The molecule has 4 rings (SSSR count). The first-order valence-corrected chi connectivity index (χ1v) is 19.2. The summed E-state index contributed by atoms with van der Waals surface area (Å²) in [5.41, 5.74) is 3.48. The average molecular weight is 800 g/mol. The summed E-state index contributed by atoms with van der Waals surface area (Å²) < 4.78 is 27.3. The number of nitriles is 1. The Morgan fingerprint density at radius 2 is 1.45 bits per heavy atom. The van der Waals surface area contributed by atoms with Crippen LogP contribution in [0.15, 0.2) is 54.6 Å². The van der Waals surface area contributed by atoms with Crippen molar-refractivity contribution in [2.75, 3.05) is 61.7 Å². The van der Waals surface area contributed by atoms with E-state index in [0.717, 1.165) is 60.5 Å². The number of rotatable bonds is 18. The molecule has 1 aliphatic rings. The zero-order valence-electron chi connectivity index (χ0n) is 35.1. The summed E-state index contributed by atoms with van der Waals surface area (Å²) >= 11 is 0. The minimum Gasteiger partial charge on any atom is -0.493 e. The molecule has 4 N–H and O–H groups in total. The second-order valence-corrected chi connectivity index (χ2v) is 15.7. The van der Waals surface area contributed by atoms with Crippen molar-refractivity contribution in [3.05, 3.63) is 76.9 Å². The first kappa shape index (κ1) is 48.4. The van der Waals surface area contributed by atoms with Gasteiger partial charge in [0.2, 0.25) is 0 Å². The summed E-state index contributed by atoms with van der Waals surface area (Å²) in [6, 6.07) is 20.2. The number of ether oxygens (including phenoxy) is 5. The SMILES string of the molecule is CC(C)(C)NCC(O)COc1cccc2c1C[C@H](O)[C@H](O)C2.COc1ccc(CCN(C)CCCC(C#N)(c2ccc(OC)c(OC)c2)C(C)C)cc1OC.Cl. The van der Waals surface area contributed by atoms with Crippen LogP contribution in [0, 0.1) is 17.2 Å². The second-order valence-electron chi connectivity index (χ2n) is 15.7. The Kier molecular flexibility index (Phi) is 19.7. The van der Waals surface area contributed by atoms with Crippen LogP contribution in [-0.2, 0) is 24.7 Å². The molecule has 2 unspecified atom stereocenters. The van der Waals surface area contributed by atoms with Crippen molar-refractivity contribution in [3.63, 3.8) is 0 Å². The number of hydrogen-bond donors (Lipinski definition) is 4. The van der Waals surface area contributed by atoms with E-state index < -0.39 is 23.7 Å². The first-order chi connectivity index (χ1) is 26.1. The van der Waals surface area contributed by atoms with Crippen LogP contribution in [0.4, 0.5) is 0 Å². The van der Waals surface area contributed by atoms with E-state index in [0.29, 0.717) is 36.6 Å². The Hall–Kier alpha value is -3.76. The fourth-order valence-corrected chi connectivity index (χ4v) is 6.77. The van der Waals surface area contributed by atoms with Crippen LogP contribution in [0.2, 0.25) is 0 Å². The minimum absolute atomic E-state index is 0. The molecule has 0 saturated carbocycles. The number of nitrogens with one attached hydrogen (secondary N) is 1. The third-order valence-electron chi connectivity index (χ3n) is 10.2. The monoisotopic (exact) mass is 799 g/mol. The Balaban J connectivity index is 0.000000409. The van der Waals surface area contributed by atoms with E-state index in [2.05, 4.69) is 43.2 Å². The van der Waals surface area contributed by atoms with Gasteiger partial charge in [0.05, 0.1) is 52.1 Å². The van der Waals surface area contributed by atoms with Gasteiger partial charge in [0.1, 0.15) is 18.5 Å². The number of aliphatic hydroxyl groups excluding tert-OH is 3. The minimum atomic E-state index is -0.760. The van der Waals surface area contributed by atoms with Gasteiger partial charge in [-0.25, -0.2) is 0 Å². The van der Waals surface area contributed by atoms with Gasteiger partial charge in [0, 0.05) is 37.0 Å². The molecular formula is C44H66ClN3O8. The van der Waals surface area contributed by atoms with Crippen molar-refractivity contribution in [1.29, 1.82) is 5.26 Å². The van der Waals surface area contributed by atoms with Crippen molar-refractivity contribution in [2.24, 2.45) is 5.92 Å². The van der Waals surface area contributed by atoms with E-state index in [1.54, 1.807) is 28.4 Å². The van der Waals surface area contributed by atoms with Gasteiger partial charge in [-0.1, -0.05) is 38.1 Å². The van der Waals surface area contributed by atoms with Crippen LogP contribution in [0.1, 0.15) is 69.7 Å². The van der Waals surface area contributed by atoms with Gasteiger partial charge in [-0.3, -0.25) is 0 Å². The summed E-state index contributed by atoms with van der Waals surface area (Å²) in [6.45, 7) is 12.8. The molecule has 0 aromatic heterocycles. The Morgan fingerprint density at radius 3 is 2.04 bits per heavy atom. The normalized spacial score (nSPS) is 16.6. The lowest BCUT2D eigenvalue weighted by Gasteiger charge is -2.32. The van der Waals surface area contributed by atoms with Crippen LogP contribution in [0.3, 0.4) is 0 Å². The molecule has 0 amide bonds. The van der Waals surface area contributed by atoms with E-state index in [-0.39, 0.29) is 30.5 Å². The van der Waals surface area contributed by atoms with Gasteiger partial charge in [-0.15, -0.1) is 12.4 Å². The summed E-state index contributed by atoms with van der Waals surface area (Å²) in [5, 5.41) is 43.0. The molecule has 1 aliphatic carbocycles. The smallest absolute Gasteiger partial charge is 0.161 e. The topological polar surface area (TPSA) is 146 Å². The van der Waals surface area contributed by atoms with E-state index in [1.165, 1.54) is 5.56 Å². The fourth-order valence-electron chi connectivity index (χ4n) is 6.77. The molecule has 0 saturated heterocycles. The summed E-state index contributed by atoms with van der Waals surface area (Å²) in [7, 11) is 8.67. The van der Waals surface area contributed by atoms with Crippen molar-refractivity contribution in [1.82, 2.24) is 10.2 Å². The Morgan fingerprint density at radius 1 is 0.839 bits per heavy atom. The number of likely N-dealkylation sites (N-methyl/N-ethyl adjacent to an activating group) is 1. The molecule has 4 atom stereocenters.